The van der Waals surface area contributed by atoms with Gasteiger partial charge in [0.2, 0.25) is 0 Å². The van der Waals surface area contributed by atoms with Gasteiger partial charge in [-0.15, -0.1) is 0 Å². The second-order valence-corrected chi connectivity index (χ2v) is 5.44. The summed E-state index contributed by atoms with van der Waals surface area (Å²) in [5.74, 6) is -0.00181. The number of rotatable bonds is 2. The van der Waals surface area contributed by atoms with Crippen LogP contribution in [-0.2, 0) is 25.3 Å². The van der Waals surface area contributed by atoms with Crippen LogP contribution in [0.25, 0.3) is 10.9 Å². The molecule has 120 valence electrons. The number of pyridine rings is 1. The summed E-state index contributed by atoms with van der Waals surface area (Å²) in [5.41, 5.74) is 2.84. The van der Waals surface area contributed by atoms with E-state index in [1.165, 1.54) is 5.39 Å². The van der Waals surface area contributed by atoms with E-state index in [0.717, 1.165) is 22.7 Å². The van der Waals surface area contributed by atoms with Crippen LogP contribution in [0.5, 0.6) is 0 Å². The van der Waals surface area contributed by atoms with Gasteiger partial charge in [-0.3, -0.25) is 4.98 Å². The predicted molar refractivity (Wildman–Crippen MR) is 86.5 cm³/mol. The summed E-state index contributed by atoms with van der Waals surface area (Å²) >= 11 is 0. The Bertz CT molecular complexity index is 747. The molecule has 0 amide bonds. The molecule has 5 heteroatoms. The van der Waals surface area contributed by atoms with Crippen LogP contribution < -0.4 is 9.67 Å². The monoisotopic (exact) mass is 311 g/mol. The number of nitrogens with zero attached hydrogens (tertiary/aromatic N) is 3. The smallest absolute Gasteiger partial charge is 0.253 e. The Morgan fingerprint density at radius 3 is 2.43 bits per heavy atom. The highest BCUT2D eigenvalue weighted by molar-refractivity contribution is 5.77. The van der Waals surface area contributed by atoms with E-state index in [2.05, 4.69) is 17.1 Å². The Morgan fingerprint density at radius 1 is 1.22 bits per heavy atom. The number of aliphatic carboxylic acids is 1. The van der Waals surface area contributed by atoms with Crippen LogP contribution in [0, 0.1) is 13.8 Å². The number of carboxylic acid groups (broad SMARTS) is 1. The van der Waals surface area contributed by atoms with Crippen molar-refractivity contribution in [3.8, 4) is 0 Å². The van der Waals surface area contributed by atoms with E-state index >= 15 is 0 Å². The fourth-order valence-corrected chi connectivity index (χ4v) is 2.50. The number of hydrogen-bond donors (Lipinski definition) is 0. The van der Waals surface area contributed by atoms with Crippen molar-refractivity contribution in [2.75, 3.05) is 0 Å². The van der Waals surface area contributed by atoms with E-state index in [9.17, 15) is 9.90 Å². The van der Waals surface area contributed by atoms with Gasteiger partial charge in [0.15, 0.2) is 5.69 Å². The molecule has 2 heterocycles. The van der Waals surface area contributed by atoms with Gasteiger partial charge in [-0.2, -0.15) is 0 Å². The first-order valence-electron chi connectivity index (χ1n) is 7.42. The Labute approximate surface area is 135 Å². The predicted octanol–water partition coefficient (Wildman–Crippen LogP) is 0.994. The molecule has 0 saturated heterocycles. The third-order valence-corrected chi connectivity index (χ3v) is 4.12. The molecule has 5 nitrogen and oxygen atoms in total. The van der Waals surface area contributed by atoms with E-state index in [1.807, 2.05) is 67.5 Å². The van der Waals surface area contributed by atoms with Crippen molar-refractivity contribution >= 4 is 16.9 Å². The minimum absolute atomic E-state index is 0.0238. The number of carbonyl (C=O) groups is 1. The highest BCUT2D eigenvalue weighted by Gasteiger charge is 2.19. The fraction of sp³-hybridized carbons (Fsp3) is 0.278. The lowest BCUT2D eigenvalue weighted by atomic mass is 10.2. The van der Waals surface area contributed by atoms with E-state index in [0.29, 0.717) is 0 Å². The van der Waals surface area contributed by atoms with Crippen molar-refractivity contribution in [2.45, 2.75) is 20.3 Å². The molecule has 1 aromatic carbocycles. The highest BCUT2D eigenvalue weighted by atomic mass is 16.4. The number of imidazole rings is 1. The van der Waals surface area contributed by atoms with E-state index in [4.69, 9.17) is 0 Å². The number of carbonyl (C=O) groups excluding carboxylic acids is 1. The number of para-hydroxylation sites is 1. The second kappa shape index (κ2) is 7.05. The summed E-state index contributed by atoms with van der Waals surface area (Å²) in [6.45, 7) is 3.86. The number of carboxylic acids is 1. The molecule has 0 atom stereocenters. The molecule has 0 aliphatic carbocycles. The van der Waals surface area contributed by atoms with E-state index in [-0.39, 0.29) is 6.42 Å². The van der Waals surface area contributed by atoms with Gasteiger partial charge < -0.3 is 9.90 Å². The Morgan fingerprint density at radius 2 is 1.87 bits per heavy atom. The largest absolute Gasteiger partial charge is 0.550 e. The standard InChI is InChI=1S/C9H14N2O2.C9H7N/c1-6-8(5-9(12)13)11(4)7(2)10(6)3;1-2-6-9-8(4-1)5-3-7-10-9/h5H2,1-4H3;1-7H. The molecule has 0 unspecified atom stereocenters. The average molecular weight is 311 g/mol. The molecule has 0 N–H and O–H groups in total. The van der Waals surface area contributed by atoms with Gasteiger partial charge in [-0.25, -0.2) is 9.13 Å². The molecule has 0 aliphatic rings. The summed E-state index contributed by atoms with van der Waals surface area (Å²) in [4.78, 5) is 14.6. The molecule has 0 radical (unpaired) electrons. The lowest BCUT2D eigenvalue weighted by molar-refractivity contribution is -0.684. The zero-order chi connectivity index (χ0) is 17.0. The number of hydrogen-bond acceptors (Lipinski definition) is 3. The molecule has 0 saturated carbocycles. The van der Waals surface area contributed by atoms with Crippen LogP contribution in [-0.4, -0.2) is 15.5 Å². The first-order chi connectivity index (χ1) is 10.9. The van der Waals surface area contributed by atoms with Gasteiger partial charge in [-0.1, -0.05) is 24.3 Å². The van der Waals surface area contributed by atoms with Crippen LogP contribution >= 0.6 is 0 Å². The molecule has 3 rings (SSSR count). The molecule has 0 bridgehead atoms. The van der Waals surface area contributed by atoms with E-state index < -0.39 is 5.97 Å². The van der Waals surface area contributed by atoms with Gasteiger partial charge in [0.1, 0.15) is 5.69 Å². The Kier molecular flexibility index (Phi) is 5.11. The quantitative estimate of drug-likeness (QED) is 0.663. The summed E-state index contributed by atoms with van der Waals surface area (Å²) < 4.78 is 3.85. The Balaban J connectivity index is 0.000000172. The molecule has 23 heavy (non-hydrogen) atoms. The van der Waals surface area contributed by atoms with Crippen LogP contribution in [0.2, 0.25) is 0 Å². The normalized spacial score (nSPS) is 10.3. The van der Waals surface area contributed by atoms with Crippen LogP contribution in [0.3, 0.4) is 0 Å². The maximum Gasteiger partial charge on any atom is 0.253 e. The van der Waals surface area contributed by atoms with Crippen molar-refractivity contribution in [2.24, 2.45) is 14.1 Å². The molecule has 2 aromatic heterocycles. The minimum atomic E-state index is -1.04. The van der Waals surface area contributed by atoms with Gasteiger partial charge >= 0.3 is 0 Å². The Hall–Kier alpha value is -2.69. The van der Waals surface area contributed by atoms with Gasteiger partial charge in [0.25, 0.3) is 5.82 Å². The number of benzene rings is 1. The fourth-order valence-electron chi connectivity index (χ4n) is 2.50. The summed E-state index contributed by atoms with van der Waals surface area (Å²) in [5, 5.41) is 11.7. The van der Waals surface area contributed by atoms with Crippen molar-refractivity contribution in [3.63, 3.8) is 0 Å². The maximum absolute atomic E-state index is 10.5. The zero-order valence-electron chi connectivity index (χ0n) is 13.9. The molecular weight excluding hydrogens is 290 g/mol. The zero-order valence-corrected chi connectivity index (χ0v) is 13.9. The lowest BCUT2D eigenvalue weighted by Crippen LogP contribution is -2.38. The molecular formula is C18H21N3O2. The second-order valence-electron chi connectivity index (χ2n) is 5.44. The summed E-state index contributed by atoms with van der Waals surface area (Å²) in [6, 6.07) is 12.1. The van der Waals surface area contributed by atoms with Crippen molar-refractivity contribution in [1.29, 1.82) is 0 Å². The van der Waals surface area contributed by atoms with Gasteiger partial charge in [0, 0.05) is 31.4 Å². The van der Waals surface area contributed by atoms with Crippen LogP contribution in [0.15, 0.2) is 42.6 Å². The van der Waals surface area contributed by atoms with Crippen molar-refractivity contribution < 1.29 is 14.5 Å². The van der Waals surface area contributed by atoms with Gasteiger partial charge in [0.05, 0.1) is 26.0 Å². The first-order valence-corrected chi connectivity index (χ1v) is 7.42. The third kappa shape index (κ3) is 3.74. The molecule has 0 aliphatic heterocycles. The SMILES string of the molecule is Cc1c(CC(=O)[O-])[n+](C)c(C)n1C.c1ccc2ncccc2c1. The van der Waals surface area contributed by atoms with Crippen molar-refractivity contribution in [1.82, 2.24) is 9.55 Å². The summed E-state index contributed by atoms with van der Waals surface area (Å²) in [7, 11) is 3.78. The molecule has 0 spiro atoms. The number of aromatic nitrogens is 3. The van der Waals surface area contributed by atoms with Crippen molar-refractivity contribution in [3.05, 3.63) is 59.8 Å². The molecule has 3 aromatic rings. The van der Waals surface area contributed by atoms with E-state index in [1.54, 1.807) is 0 Å². The summed E-state index contributed by atoms with van der Waals surface area (Å²) in [6.07, 6.45) is 1.78. The lowest BCUT2D eigenvalue weighted by Gasteiger charge is -1.99. The highest BCUT2D eigenvalue weighted by Crippen LogP contribution is 2.08. The van der Waals surface area contributed by atoms with Crippen LogP contribution in [0.1, 0.15) is 17.2 Å². The topological polar surface area (TPSA) is 61.8 Å². The minimum Gasteiger partial charge on any atom is -0.550 e. The number of fused-ring (bicyclic) bond motifs is 1. The van der Waals surface area contributed by atoms with Crippen LogP contribution in [0.4, 0.5) is 0 Å². The van der Waals surface area contributed by atoms with Gasteiger partial charge in [-0.05, 0) is 12.1 Å². The third-order valence-electron chi connectivity index (χ3n) is 4.12. The maximum atomic E-state index is 10.5. The molecule has 0 fully saturated rings. The average Bonchev–Trinajstić information content (AvgIpc) is 2.73. The first kappa shape index (κ1) is 16.7.